The first kappa shape index (κ1) is 20.8. The van der Waals surface area contributed by atoms with Gasteiger partial charge >= 0.3 is 0 Å². The van der Waals surface area contributed by atoms with Crippen molar-refractivity contribution in [2.24, 2.45) is 5.92 Å². The van der Waals surface area contributed by atoms with Crippen LogP contribution in [0.5, 0.6) is 11.5 Å². The van der Waals surface area contributed by atoms with Crippen molar-refractivity contribution < 1.29 is 28.8 Å². The molecule has 1 aliphatic carbocycles. The zero-order valence-corrected chi connectivity index (χ0v) is 17.8. The molecular weight excluding hydrogens is 410 g/mol. The van der Waals surface area contributed by atoms with E-state index in [2.05, 4.69) is 5.32 Å². The van der Waals surface area contributed by atoms with Crippen LogP contribution < -0.4 is 14.8 Å². The highest BCUT2D eigenvalue weighted by molar-refractivity contribution is 5.91. The highest BCUT2D eigenvalue weighted by atomic mass is 16.7. The molecule has 1 fully saturated rings. The fourth-order valence-corrected chi connectivity index (χ4v) is 3.87. The molecule has 168 valence electrons. The first-order valence-electron chi connectivity index (χ1n) is 11.0. The van der Waals surface area contributed by atoms with Gasteiger partial charge in [0.2, 0.25) is 13.1 Å². The topological polar surface area (TPSA) is 86.3 Å². The number of aliphatic hydroxyl groups excluding tert-OH is 1. The largest absolute Gasteiger partial charge is 0.459 e. The Hall–Kier alpha value is -3.03. The SMILES string of the molecule is O=C(NCC1CC1)C1=C[C@@H](c2ccc3c(c2)OCO3)C[C@@H](OCc2ccc(CO)cc2)O1. The number of allylic oxidation sites excluding steroid dienone is 1. The molecule has 2 atom stereocenters. The van der Waals surface area contributed by atoms with E-state index in [-0.39, 0.29) is 25.2 Å². The van der Waals surface area contributed by atoms with Crippen molar-refractivity contribution in [1.29, 1.82) is 0 Å². The molecule has 32 heavy (non-hydrogen) atoms. The lowest BCUT2D eigenvalue weighted by Gasteiger charge is -2.29. The predicted molar refractivity (Wildman–Crippen MR) is 116 cm³/mol. The first-order chi connectivity index (χ1) is 15.7. The highest BCUT2D eigenvalue weighted by Gasteiger charge is 2.31. The zero-order valence-electron chi connectivity index (χ0n) is 17.8. The molecule has 3 aliphatic rings. The van der Waals surface area contributed by atoms with Crippen molar-refractivity contribution in [3.8, 4) is 11.5 Å². The summed E-state index contributed by atoms with van der Waals surface area (Å²) in [6.07, 6.45) is 4.22. The minimum atomic E-state index is -0.561. The lowest BCUT2D eigenvalue weighted by atomic mass is 9.92. The fraction of sp³-hybridized carbons (Fsp3) is 0.400. The van der Waals surface area contributed by atoms with Crippen LogP contribution in [0.15, 0.2) is 54.3 Å². The van der Waals surface area contributed by atoms with E-state index in [9.17, 15) is 9.90 Å². The van der Waals surface area contributed by atoms with Gasteiger partial charge in [-0.05, 0) is 53.7 Å². The Balaban J connectivity index is 1.31. The van der Waals surface area contributed by atoms with Crippen LogP contribution in [-0.4, -0.2) is 30.6 Å². The molecule has 2 aliphatic heterocycles. The van der Waals surface area contributed by atoms with Crippen LogP contribution in [0, 0.1) is 5.92 Å². The van der Waals surface area contributed by atoms with Crippen LogP contribution in [-0.2, 0) is 27.5 Å². The maximum Gasteiger partial charge on any atom is 0.286 e. The third-order valence-electron chi connectivity index (χ3n) is 6.00. The van der Waals surface area contributed by atoms with Gasteiger partial charge in [-0.1, -0.05) is 30.3 Å². The van der Waals surface area contributed by atoms with E-state index in [1.807, 2.05) is 48.5 Å². The number of amides is 1. The number of hydrogen-bond donors (Lipinski definition) is 2. The molecule has 0 saturated heterocycles. The minimum absolute atomic E-state index is 0.00814. The van der Waals surface area contributed by atoms with Crippen LogP contribution >= 0.6 is 0 Å². The molecule has 1 saturated carbocycles. The van der Waals surface area contributed by atoms with Gasteiger partial charge in [0, 0.05) is 18.9 Å². The number of benzene rings is 2. The van der Waals surface area contributed by atoms with Gasteiger partial charge in [0.05, 0.1) is 13.2 Å². The first-order valence-corrected chi connectivity index (χ1v) is 11.0. The molecule has 2 aromatic carbocycles. The monoisotopic (exact) mass is 437 g/mol. The van der Waals surface area contributed by atoms with E-state index >= 15 is 0 Å². The van der Waals surface area contributed by atoms with E-state index in [0.29, 0.717) is 37.0 Å². The van der Waals surface area contributed by atoms with Gasteiger partial charge in [-0.25, -0.2) is 0 Å². The van der Waals surface area contributed by atoms with E-state index < -0.39 is 6.29 Å². The molecular formula is C25H27NO6. The van der Waals surface area contributed by atoms with Gasteiger partial charge in [0.25, 0.3) is 5.91 Å². The fourth-order valence-electron chi connectivity index (χ4n) is 3.87. The quantitative estimate of drug-likeness (QED) is 0.659. The summed E-state index contributed by atoms with van der Waals surface area (Å²) in [5, 5.41) is 12.2. The number of nitrogens with one attached hydrogen (secondary N) is 1. The van der Waals surface area contributed by atoms with Crippen LogP contribution in [0.1, 0.15) is 41.9 Å². The second-order valence-corrected chi connectivity index (χ2v) is 8.47. The summed E-state index contributed by atoms with van der Waals surface area (Å²) in [6.45, 7) is 1.25. The molecule has 7 heteroatoms. The number of rotatable bonds is 8. The van der Waals surface area contributed by atoms with Gasteiger partial charge < -0.3 is 29.4 Å². The maximum absolute atomic E-state index is 12.8. The van der Waals surface area contributed by atoms with Gasteiger partial charge in [0.1, 0.15) is 0 Å². The standard InChI is InChI=1S/C25H27NO6/c27-13-17-3-5-18(6-4-17)14-29-24-11-20(19-7-8-21-22(9-19)31-15-30-21)10-23(32-24)25(28)26-12-16-1-2-16/h3-10,16,20,24,27H,1-2,11-15H2,(H,26,28)/t20-,24+/m1/s1. The van der Waals surface area contributed by atoms with Crippen molar-refractivity contribution in [3.63, 3.8) is 0 Å². The molecule has 7 nitrogen and oxygen atoms in total. The normalized spacial score (nSPS) is 21.6. The third-order valence-corrected chi connectivity index (χ3v) is 6.00. The van der Waals surface area contributed by atoms with Crippen LogP contribution in [0.3, 0.4) is 0 Å². The molecule has 0 bridgehead atoms. The lowest BCUT2D eigenvalue weighted by Crippen LogP contribution is -2.33. The summed E-state index contributed by atoms with van der Waals surface area (Å²) in [7, 11) is 0. The van der Waals surface area contributed by atoms with Gasteiger partial charge in [0.15, 0.2) is 17.3 Å². The maximum atomic E-state index is 12.8. The number of aliphatic hydroxyl groups is 1. The number of carbonyl (C=O) groups is 1. The second-order valence-electron chi connectivity index (χ2n) is 8.47. The van der Waals surface area contributed by atoms with E-state index in [0.717, 1.165) is 22.4 Å². The molecule has 5 rings (SSSR count). The molecule has 2 N–H and O–H groups in total. The second kappa shape index (κ2) is 9.22. The Kier molecular flexibility index (Phi) is 6.01. The summed E-state index contributed by atoms with van der Waals surface area (Å²) in [5.74, 6) is 2.06. The molecule has 0 spiro atoms. The number of carbonyl (C=O) groups excluding carboxylic acids is 1. The van der Waals surface area contributed by atoms with Crippen molar-refractivity contribution in [2.75, 3.05) is 13.3 Å². The Morgan fingerprint density at radius 3 is 2.62 bits per heavy atom. The average Bonchev–Trinajstić information content (AvgIpc) is 3.55. The minimum Gasteiger partial charge on any atom is -0.459 e. The summed E-state index contributed by atoms with van der Waals surface area (Å²) >= 11 is 0. The molecule has 2 aromatic rings. The Morgan fingerprint density at radius 2 is 1.84 bits per heavy atom. The zero-order chi connectivity index (χ0) is 21.9. The lowest BCUT2D eigenvalue weighted by molar-refractivity contribution is -0.150. The van der Waals surface area contributed by atoms with E-state index in [1.165, 1.54) is 12.8 Å². The van der Waals surface area contributed by atoms with Crippen molar-refractivity contribution in [3.05, 3.63) is 71.0 Å². The van der Waals surface area contributed by atoms with Crippen LogP contribution in [0.25, 0.3) is 0 Å². The summed E-state index contributed by atoms with van der Waals surface area (Å²) in [4.78, 5) is 12.8. The molecule has 0 aromatic heterocycles. The summed E-state index contributed by atoms with van der Waals surface area (Å²) < 4.78 is 22.9. The van der Waals surface area contributed by atoms with Gasteiger partial charge in [-0.2, -0.15) is 0 Å². The van der Waals surface area contributed by atoms with E-state index in [1.54, 1.807) is 0 Å². The molecule has 0 radical (unpaired) electrons. The third kappa shape index (κ3) is 4.89. The van der Waals surface area contributed by atoms with Crippen LogP contribution in [0.2, 0.25) is 0 Å². The Morgan fingerprint density at radius 1 is 1.06 bits per heavy atom. The summed E-state index contributed by atoms with van der Waals surface area (Å²) in [5.41, 5.74) is 2.84. The van der Waals surface area contributed by atoms with Crippen molar-refractivity contribution >= 4 is 5.91 Å². The number of hydrogen-bond acceptors (Lipinski definition) is 6. The molecule has 2 heterocycles. The summed E-state index contributed by atoms with van der Waals surface area (Å²) in [6, 6.07) is 13.4. The smallest absolute Gasteiger partial charge is 0.286 e. The molecule has 0 unspecified atom stereocenters. The Labute approximate surface area is 186 Å². The average molecular weight is 437 g/mol. The van der Waals surface area contributed by atoms with Crippen molar-refractivity contribution in [1.82, 2.24) is 5.32 Å². The van der Waals surface area contributed by atoms with Crippen molar-refractivity contribution in [2.45, 2.75) is 44.7 Å². The van der Waals surface area contributed by atoms with Gasteiger partial charge in [-0.15, -0.1) is 0 Å². The predicted octanol–water partition coefficient (Wildman–Crippen LogP) is 3.36. The highest BCUT2D eigenvalue weighted by Crippen LogP contribution is 2.38. The number of ether oxygens (including phenoxy) is 4. The Bertz CT molecular complexity index is 998. The van der Waals surface area contributed by atoms with E-state index in [4.69, 9.17) is 18.9 Å². The molecule has 1 amide bonds. The van der Waals surface area contributed by atoms with Crippen LogP contribution in [0.4, 0.5) is 0 Å². The number of fused-ring (bicyclic) bond motifs is 1. The van der Waals surface area contributed by atoms with Gasteiger partial charge in [-0.3, -0.25) is 4.79 Å².